The molecule has 3 heterocycles. The zero-order valence-corrected chi connectivity index (χ0v) is 22.0. The molecule has 1 aromatic heterocycles. The summed E-state index contributed by atoms with van der Waals surface area (Å²) in [5.41, 5.74) is 2.84. The fourth-order valence-electron chi connectivity index (χ4n) is 5.74. The van der Waals surface area contributed by atoms with Gasteiger partial charge in [-0.15, -0.1) is 11.3 Å². The third kappa shape index (κ3) is 4.96. The number of hydrogen-bond donors (Lipinski definition) is 0. The van der Waals surface area contributed by atoms with Crippen LogP contribution in [0.2, 0.25) is 0 Å². The molecule has 0 aliphatic carbocycles. The number of carbonyl (C=O) groups excluding carboxylic acids is 2. The molecule has 3 aromatic carbocycles. The molecule has 0 N–H and O–H groups in total. The number of nitrogens with zero attached hydrogens (tertiary/aromatic N) is 3. The molecule has 6 rings (SSSR count). The average Bonchev–Trinajstić information content (AvgIpc) is 3.44. The molecule has 1 saturated heterocycles. The Morgan fingerprint density at radius 3 is 2.45 bits per heavy atom. The third-order valence-corrected chi connectivity index (χ3v) is 8.76. The van der Waals surface area contributed by atoms with Crippen molar-refractivity contribution in [2.45, 2.75) is 18.9 Å². The van der Waals surface area contributed by atoms with Crippen molar-refractivity contribution in [1.29, 1.82) is 0 Å². The van der Waals surface area contributed by atoms with Crippen molar-refractivity contribution in [1.82, 2.24) is 14.7 Å². The lowest BCUT2D eigenvalue weighted by Crippen LogP contribution is -2.51. The van der Waals surface area contributed by atoms with Crippen LogP contribution in [0.4, 0.5) is 4.39 Å². The molecule has 38 heavy (non-hydrogen) atoms. The van der Waals surface area contributed by atoms with E-state index in [9.17, 15) is 14.0 Å². The van der Waals surface area contributed by atoms with Crippen molar-refractivity contribution in [2.75, 3.05) is 39.3 Å². The first-order valence-corrected chi connectivity index (χ1v) is 14.1. The second-order valence-electron chi connectivity index (χ2n) is 10.0. The van der Waals surface area contributed by atoms with Crippen LogP contribution in [0.1, 0.15) is 38.8 Å². The van der Waals surface area contributed by atoms with Crippen LogP contribution in [0.25, 0.3) is 10.8 Å². The van der Waals surface area contributed by atoms with Crippen LogP contribution in [0.15, 0.2) is 78.2 Å². The van der Waals surface area contributed by atoms with Crippen LogP contribution in [0, 0.1) is 5.82 Å². The van der Waals surface area contributed by atoms with Gasteiger partial charge in [0.15, 0.2) is 0 Å². The van der Waals surface area contributed by atoms with Crippen LogP contribution in [0.3, 0.4) is 0 Å². The van der Waals surface area contributed by atoms with Crippen molar-refractivity contribution in [2.24, 2.45) is 0 Å². The van der Waals surface area contributed by atoms with Crippen LogP contribution >= 0.6 is 11.3 Å². The maximum atomic E-state index is 14.1. The topological polar surface area (TPSA) is 43.9 Å². The van der Waals surface area contributed by atoms with E-state index < -0.39 is 0 Å². The summed E-state index contributed by atoms with van der Waals surface area (Å²) in [6, 6.07) is 22.7. The number of carbonyl (C=O) groups is 2. The van der Waals surface area contributed by atoms with Crippen LogP contribution in [0.5, 0.6) is 0 Å². The van der Waals surface area contributed by atoms with E-state index in [0.29, 0.717) is 44.7 Å². The molecule has 0 spiro atoms. The van der Waals surface area contributed by atoms with Crippen molar-refractivity contribution in [3.63, 3.8) is 0 Å². The van der Waals surface area contributed by atoms with Gasteiger partial charge >= 0.3 is 0 Å². The van der Waals surface area contributed by atoms with Gasteiger partial charge in [-0.25, -0.2) is 4.39 Å². The number of fused-ring (bicyclic) bond motifs is 2. The van der Waals surface area contributed by atoms with Crippen LogP contribution < -0.4 is 0 Å². The monoisotopic (exact) mass is 527 g/mol. The van der Waals surface area contributed by atoms with E-state index in [2.05, 4.69) is 16.3 Å². The maximum absolute atomic E-state index is 14.1. The van der Waals surface area contributed by atoms with Gasteiger partial charge in [0.1, 0.15) is 5.82 Å². The maximum Gasteiger partial charge on any atom is 0.253 e. The highest BCUT2D eigenvalue weighted by molar-refractivity contribution is 7.10. The number of amides is 2. The van der Waals surface area contributed by atoms with Gasteiger partial charge in [0.05, 0.1) is 6.04 Å². The Balaban J connectivity index is 1.07. The molecular weight excluding hydrogens is 497 g/mol. The van der Waals surface area contributed by atoms with Gasteiger partial charge in [-0.2, -0.15) is 0 Å². The van der Waals surface area contributed by atoms with Crippen LogP contribution in [-0.4, -0.2) is 65.8 Å². The third-order valence-electron chi connectivity index (χ3n) is 7.76. The first kappa shape index (κ1) is 24.8. The Hall–Kier alpha value is -3.55. The second kappa shape index (κ2) is 10.7. The van der Waals surface area contributed by atoms with E-state index in [4.69, 9.17) is 0 Å². The van der Waals surface area contributed by atoms with E-state index >= 15 is 0 Å². The highest BCUT2D eigenvalue weighted by atomic mass is 32.1. The van der Waals surface area contributed by atoms with Gasteiger partial charge in [-0.05, 0) is 64.0 Å². The fourth-order valence-corrected chi connectivity index (χ4v) is 6.64. The van der Waals surface area contributed by atoms with E-state index in [-0.39, 0.29) is 23.7 Å². The van der Waals surface area contributed by atoms with E-state index in [1.165, 1.54) is 16.5 Å². The SMILES string of the molecule is O=C(CCN1CCc2sccc2C1c1cccc(F)c1)N1CCN(C(=O)c2ccc3ccccc3c2)CC1. The summed E-state index contributed by atoms with van der Waals surface area (Å²) in [4.78, 5) is 33.6. The summed E-state index contributed by atoms with van der Waals surface area (Å²) in [5.74, 6) is -0.116. The van der Waals surface area contributed by atoms with Gasteiger partial charge < -0.3 is 9.80 Å². The molecule has 1 atom stereocenters. The first-order chi connectivity index (χ1) is 18.6. The highest BCUT2D eigenvalue weighted by Gasteiger charge is 2.31. The number of piperazine rings is 1. The number of benzene rings is 3. The Morgan fingerprint density at radius 1 is 0.842 bits per heavy atom. The Kier molecular flexibility index (Phi) is 6.96. The average molecular weight is 528 g/mol. The normalized spacial score (nSPS) is 18.0. The van der Waals surface area contributed by atoms with E-state index in [1.807, 2.05) is 58.3 Å². The summed E-state index contributed by atoms with van der Waals surface area (Å²) in [6.45, 7) is 3.61. The van der Waals surface area contributed by atoms with E-state index in [0.717, 1.165) is 29.3 Å². The molecule has 194 valence electrons. The van der Waals surface area contributed by atoms with E-state index in [1.54, 1.807) is 23.5 Å². The van der Waals surface area contributed by atoms with Crippen molar-refractivity contribution < 1.29 is 14.0 Å². The first-order valence-electron chi connectivity index (χ1n) is 13.2. The number of rotatable bonds is 5. The lowest BCUT2D eigenvalue weighted by atomic mass is 9.93. The molecule has 7 heteroatoms. The second-order valence-corrected chi connectivity index (χ2v) is 11.0. The van der Waals surface area contributed by atoms with Crippen molar-refractivity contribution >= 4 is 33.9 Å². The summed E-state index contributed by atoms with van der Waals surface area (Å²) in [7, 11) is 0. The molecule has 0 bridgehead atoms. The predicted molar refractivity (Wildman–Crippen MR) is 149 cm³/mol. The lowest BCUT2D eigenvalue weighted by molar-refractivity contribution is -0.133. The van der Waals surface area contributed by atoms with Gasteiger partial charge in [0.25, 0.3) is 5.91 Å². The highest BCUT2D eigenvalue weighted by Crippen LogP contribution is 2.38. The standard InChI is InChI=1S/C31H30FN3O2S/c32-26-7-3-6-24(21-26)30-27-12-19-38-28(27)10-13-34(30)14-11-29(36)33-15-17-35(18-16-33)31(37)25-9-8-22-4-1-2-5-23(22)20-25/h1-9,12,19-21,30H,10-11,13-18H2. The van der Waals surface area contributed by atoms with Crippen LogP contribution in [-0.2, 0) is 11.2 Å². The number of thiophene rings is 1. The molecule has 2 amide bonds. The molecule has 1 unspecified atom stereocenters. The molecule has 0 radical (unpaired) electrons. The Morgan fingerprint density at radius 2 is 1.63 bits per heavy atom. The zero-order valence-electron chi connectivity index (χ0n) is 21.2. The quantitative estimate of drug-likeness (QED) is 0.351. The molecule has 1 fully saturated rings. The Labute approximate surface area is 226 Å². The largest absolute Gasteiger partial charge is 0.339 e. The summed E-state index contributed by atoms with van der Waals surface area (Å²) >= 11 is 1.75. The summed E-state index contributed by atoms with van der Waals surface area (Å²) < 4.78 is 14.1. The number of hydrogen-bond acceptors (Lipinski definition) is 4. The fraction of sp³-hybridized carbons (Fsp3) is 0.290. The smallest absolute Gasteiger partial charge is 0.253 e. The minimum atomic E-state index is -0.239. The van der Waals surface area contributed by atoms with Crippen molar-refractivity contribution in [3.8, 4) is 0 Å². The van der Waals surface area contributed by atoms with Gasteiger partial charge in [0.2, 0.25) is 5.91 Å². The number of halogens is 1. The van der Waals surface area contributed by atoms with Crippen molar-refractivity contribution in [3.05, 3.63) is 106 Å². The van der Waals surface area contributed by atoms with Gasteiger partial charge in [-0.3, -0.25) is 14.5 Å². The molecule has 2 aliphatic rings. The van der Waals surface area contributed by atoms with Gasteiger partial charge in [0, 0.05) is 56.1 Å². The minimum Gasteiger partial charge on any atom is -0.339 e. The molecule has 4 aromatic rings. The molecular formula is C31H30FN3O2S. The zero-order chi connectivity index (χ0) is 26.1. The summed E-state index contributed by atoms with van der Waals surface area (Å²) in [6.07, 6.45) is 1.35. The Bertz CT molecular complexity index is 1480. The summed E-state index contributed by atoms with van der Waals surface area (Å²) in [5, 5.41) is 4.27. The molecule has 2 aliphatic heterocycles. The molecule has 5 nitrogen and oxygen atoms in total. The lowest BCUT2D eigenvalue weighted by Gasteiger charge is -2.38. The molecule has 0 saturated carbocycles. The minimum absolute atomic E-state index is 0.0145. The predicted octanol–water partition coefficient (Wildman–Crippen LogP) is 5.36. The van der Waals surface area contributed by atoms with Gasteiger partial charge in [-0.1, -0.05) is 42.5 Å².